The fourth-order valence-electron chi connectivity index (χ4n) is 2.66. The third-order valence-corrected chi connectivity index (χ3v) is 3.98. The van der Waals surface area contributed by atoms with Crippen molar-refractivity contribution in [2.24, 2.45) is 11.7 Å². The highest BCUT2D eigenvalue weighted by atomic mass is 32.1. The lowest BCUT2D eigenvalue weighted by molar-refractivity contribution is -0.137. The number of thiocarbonyl (C=S) groups is 1. The van der Waals surface area contributed by atoms with Crippen LogP contribution >= 0.6 is 12.2 Å². The summed E-state index contributed by atoms with van der Waals surface area (Å²) in [6.07, 6.45) is -2.94. The van der Waals surface area contributed by atoms with Crippen molar-refractivity contribution in [2.75, 3.05) is 24.6 Å². The van der Waals surface area contributed by atoms with Crippen LogP contribution in [0.2, 0.25) is 0 Å². The number of aliphatic hydroxyl groups is 1. The molecule has 1 unspecified atom stereocenters. The molecular weight excluding hydrogens is 301 g/mol. The summed E-state index contributed by atoms with van der Waals surface area (Å²) in [5.41, 5.74) is 4.94. The van der Waals surface area contributed by atoms with Crippen molar-refractivity contribution in [3.8, 4) is 0 Å². The van der Waals surface area contributed by atoms with Gasteiger partial charge in [0.25, 0.3) is 0 Å². The first-order valence-electron chi connectivity index (χ1n) is 6.69. The zero-order valence-corrected chi connectivity index (χ0v) is 12.2. The molecule has 3 nitrogen and oxygen atoms in total. The van der Waals surface area contributed by atoms with Crippen molar-refractivity contribution in [3.63, 3.8) is 0 Å². The first-order chi connectivity index (χ1) is 9.82. The molecule has 0 saturated carbocycles. The number of aliphatic hydroxyl groups excluding tert-OH is 1. The molecule has 1 aliphatic heterocycles. The lowest BCUT2D eigenvalue weighted by Crippen LogP contribution is -2.22. The van der Waals surface area contributed by atoms with Crippen molar-refractivity contribution < 1.29 is 18.3 Å². The van der Waals surface area contributed by atoms with Gasteiger partial charge in [-0.2, -0.15) is 13.2 Å². The smallest absolute Gasteiger partial charge is 0.396 e. The molecule has 0 aromatic heterocycles. The van der Waals surface area contributed by atoms with Crippen LogP contribution in [0.4, 0.5) is 18.9 Å². The summed E-state index contributed by atoms with van der Waals surface area (Å²) in [5.74, 6) is 0.319. The second-order valence-corrected chi connectivity index (χ2v) is 5.64. The molecule has 1 aliphatic rings. The number of rotatable bonds is 4. The van der Waals surface area contributed by atoms with Gasteiger partial charge in [-0.1, -0.05) is 12.2 Å². The monoisotopic (exact) mass is 318 g/mol. The number of nitrogens with zero attached hydrogens (tertiary/aromatic N) is 1. The molecule has 2 rings (SSSR count). The third kappa shape index (κ3) is 3.65. The highest BCUT2D eigenvalue weighted by Crippen LogP contribution is 2.36. The van der Waals surface area contributed by atoms with Crippen LogP contribution in [0.25, 0.3) is 0 Å². The van der Waals surface area contributed by atoms with Gasteiger partial charge in [0.05, 0.1) is 5.56 Å². The number of nitrogens with two attached hydrogens (primary N) is 1. The molecule has 1 aromatic rings. The Kier molecular flexibility index (Phi) is 4.73. The third-order valence-electron chi connectivity index (χ3n) is 3.76. The van der Waals surface area contributed by atoms with Crippen LogP contribution in [0.3, 0.4) is 0 Å². The van der Waals surface area contributed by atoms with E-state index in [2.05, 4.69) is 12.2 Å². The van der Waals surface area contributed by atoms with E-state index in [4.69, 9.17) is 10.8 Å². The van der Waals surface area contributed by atoms with Crippen LogP contribution in [0.1, 0.15) is 24.0 Å². The van der Waals surface area contributed by atoms with Gasteiger partial charge < -0.3 is 15.7 Å². The van der Waals surface area contributed by atoms with E-state index >= 15 is 0 Å². The van der Waals surface area contributed by atoms with Crippen LogP contribution in [-0.4, -0.2) is 29.8 Å². The van der Waals surface area contributed by atoms with Gasteiger partial charge in [-0.15, -0.1) is 0 Å². The van der Waals surface area contributed by atoms with Gasteiger partial charge in [-0.3, -0.25) is 0 Å². The topological polar surface area (TPSA) is 49.5 Å². The number of hydrogen-bond donors (Lipinski definition) is 2. The Hall–Kier alpha value is -1.34. The van der Waals surface area contributed by atoms with Gasteiger partial charge in [0.2, 0.25) is 0 Å². The maximum absolute atomic E-state index is 13.1. The Labute approximate surface area is 126 Å². The second kappa shape index (κ2) is 6.19. The molecule has 1 fully saturated rings. The quantitative estimate of drug-likeness (QED) is 0.838. The van der Waals surface area contributed by atoms with E-state index < -0.39 is 11.7 Å². The van der Waals surface area contributed by atoms with Crippen molar-refractivity contribution in [1.29, 1.82) is 0 Å². The van der Waals surface area contributed by atoms with E-state index in [1.807, 2.05) is 4.90 Å². The molecular formula is C14H17F3N2OS. The molecule has 0 aliphatic carbocycles. The summed E-state index contributed by atoms with van der Waals surface area (Å²) in [7, 11) is 0. The van der Waals surface area contributed by atoms with Crippen LogP contribution in [0.5, 0.6) is 0 Å². The molecule has 1 atom stereocenters. The zero-order valence-electron chi connectivity index (χ0n) is 11.4. The Balaban J connectivity index is 2.29. The van der Waals surface area contributed by atoms with Crippen LogP contribution < -0.4 is 10.6 Å². The maximum Gasteiger partial charge on any atom is 0.417 e. The lowest BCUT2D eigenvalue weighted by atomic mass is 10.0. The predicted molar refractivity (Wildman–Crippen MR) is 79.4 cm³/mol. The van der Waals surface area contributed by atoms with E-state index in [1.54, 1.807) is 6.07 Å². The SMILES string of the molecule is NC(=S)c1ccc(N2CCC(CCO)C2)cc1C(F)(F)F. The molecule has 116 valence electrons. The summed E-state index contributed by atoms with van der Waals surface area (Å²) in [5, 5.41) is 8.94. The minimum absolute atomic E-state index is 0.104. The first kappa shape index (κ1) is 16.0. The van der Waals surface area contributed by atoms with Crippen LogP contribution in [0, 0.1) is 5.92 Å². The average molecular weight is 318 g/mol. The zero-order chi connectivity index (χ0) is 15.6. The van der Waals surface area contributed by atoms with Gasteiger partial charge in [0.1, 0.15) is 4.99 Å². The molecule has 21 heavy (non-hydrogen) atoms. The summed E-state index contributed by atoms with van der Waals surface area (Å²) in [6, 6.07) is 4.06. The summed E-state index contributed by atoms with van der Waals surface area (Å²) in [6.45, 7) is 1.45. The lowest BCUT2D eigenvalue weighted by Gasteiger charge is -2.21. The van der Waals surface area contributed by atoms with E-state index in [1.165, 1.54) is 6.07 Å². The van der Waals surface area contributed by atoms with Crippen molar-refractivity contribution >= 4 is 22.9 Å². The molecule has 0 radical (unpaired) electrons. The summed E-state index contributed by atoms with van der Waals surface area (Å²) >= 11 is 4.69. The van der Waals surface area contributed by atoms with Crippen LogP contribution in [-0.2, 0) is 6.18 Å². The maximum atomic E-state index is 13.1. The second-order valence-electron chi connectivity index (χ2n) is 5.20. The van der Waals surface area contributed by atoms with Gasteiger partial charge in [-0.25, -0.2) is 0 Å². The average Bonchev–Trinajstić information content (AvgIpc) is 2.86. The highest BCUT2D eigenvalue weighted by Gasteiger charge is 2.35. The number of benzene rings is 1. The van der Waals surface area contributed by atoms with Crippen molar-refractivity contribution in [2.45, 2.75) is 19.0 Å². The van der Waals surface area contributed by atoms with Gasteiger partial charge >= 0.3 is 6.18 Å². The van der Waals surface area contributed by atoms with Gasteiger partial charge in [-0.05, 0) is 37.0 Å². The summed E-state index contributed by atoms with van der Waals surface area (Å²) in [4.78, 5) is 1.65. The minimum atomic E-state index is -4.49. The van der Waals surface area contributed by atoms with Crippen molar-refractivity contribution in [3.05, 3.63) is 29.3 Å². The Morgan fingerprint density at radius 1 is 1.43 bits per heavy atom. The van der Waals surface area contributed by atoms with Crippen molar-refractivity contribution in [1.82, 2.24) is 0 Å². The Bertz CT molecular complexity index is 533. The largest absolute Gasteiger partial charge is 0.417 e. The highest BCUT2D eigenvalue weighted by molar-refractivity contribution is 7.80. The molecule has 3 N–H and O–H groups in total. The van der Waals surface area contributed by atoms with Gasteiger partial charge in [0, 0.05) is 30.9 Å². The minimum Gasteiger partial charge on any atom is -0.396 e. The number of alkyl halides is 3. The molecule has 1 aromatic carbocycles. The Morgan fingerprint density at radius 2 is 2.14 bits per heavy atom. The fraction of sp³-hybridized carbons (Fsp3) is 0.500. The Morgan fingerprint density at radius 3 is 2.71 bits per heavy atom. The fourth-order valence-corrected chi connectivity index (χ4v) is 2.84. The van der Waals surface area contributed by atoms with E-state index in [9.17, 15) is 13.2 Å². The van der Waals surface area contributed by atoms with E-state index in [0.717, 1.165) is 12.5 Å². The number of anilines is 1. The van der Waals surface area contributed by atoms with Crippen LogP contribution in [0.15, 0.2) is 18.2 Å². The number of halogens is 3. The molecule has 0 amide bonds. The van der Waals surface area contributed by atoms with E-state index in [-0.39, 0.29) is 17.2 Å². The standard InChI is InChI=1S/C14H17F3N2OS/c15-14(16,17)12-7-10(1-2-11(12)13(18)21)19-5-3-9(8-19)4-6-20/h1-2,7,9,20H,3-6,8H2,(H2,18,21). The molecule has 0 bridgehead atoms. The predicted octanol–water partition coefficient (Wildman–Crippen LogP) is 2.55. The number of hydrogen-bond acceptors (Lipinski definition) is 3. The van der Waals surface area contributed by atoms with E-state index in [0.29, 0.717) is 31.1 Å². The first-order valence-corrected chi connectivity index (χ1v) is 7.10. The molecule has 0 spiro atoms. The molecule has 1 saturated heterocycles. The molecule has 7 heteroatoms. The normalized spacial score (nSPS) is 19.0. The molecule has 1 heterocycles. The summed E-state index contributed by atoms with van der Waals surface area (Å²) < 4.78 is 39.3. The van der Waals surface area contributed by atoms with Gasteiger partial charge in [0.15, 0.2) is 0 Å².